The highest BCUT2D eigenvalue weighted by Crippen LogP contribution is 2.24. The maximum atomic E-state index is 13.5. The summed E-state index contributed by atoms with van der Waals surface area (Å²) in [6, 6.07) is 2.48. The molecule has 0 bridgehead atoms. The van der Waals surface area contributed by atoms with E-state index < -0.39 is 23.9 Å². The summed E-state index contributed by atoms with van der Waals surface area (Å²) < 4.78 is 13.9. The molecule has 2 amide bonds. The lowest BCUT2D eigenvalue weighted by Gasteiger charge is -2.17. The average Bonchev–Trinajstić information content (AvgIpc) is 2.32. The fourth-order valence-corrected chi connectivity index (χ4v) is 2.06. The van der Waals surface area contributed by atoms with Crippen molar-refractivity contribution in [2.24, 2.45) is 5.92 Å². The Morgan fingerprint density at radius 2 is 2.05 bits per heavy atom. The van der Waals surface area contributed by atoms with E-state index in [1.165, 1.54) is 12.1 Å². The molecule has 0 aliphatic rings. The molecule has 5 nitrogen and oxygen atoms in total. The molecule has 1 rings (SSSR count). The number of hydrogen-bond donors (Lipinski definition) is 3. The van der Waals surface area contributed by atoms with Gasteiger partial charge in [-0.3, -0.25) is 0 Å². The Kier molecular flexibility index (Phi) is 5.94. The van der Waals surface area contributed by atoms with Gasteiger partial charge >= 0.3 is 12.0 Å². The van der Waals surface area contributed by atoms with E-state index in [0.29, 0.717) is 10.9 Å². The highest BCUT2D eigenvalue weighted by Gasteiger charge is 2.21. The number of halogens is 2. The quantitative estimate of drug-likeness (QED) is 0.765. The first-order chi connectivity index (χ1) is 9.31. The van der Waals surface area contributed by atoms with Crippen LogP contribution in [0.3, 0.4) is 0 Å². The average molecular weight is 347 g/mol. The molecule has 1 atom stereocenters. The topological polar surface area (TPSA) is 78.4 Å². The van der Waals surface area contributed by atoms with E-state index >= 15 is 0 Å². The Labute approximate surface area is 124 Å². The fraction of sp³-hybridized carbons (Fsp3) is 0.385. The maximum absolute atomic E-state index is 13.5. The zero-order chi connectivity index (χ0) is 15.3. The van der Waals surface area contributed by atoms with Crippen molar-refractivity contribution < 1.29 is 19.1 Å². The van der Waals surface area contributed by atoms with Crippen molar-refractivity contribution in [2.75, 3.05) is 5.32 Å². The molecular weight excluding hydrogens is 331 g/mol. The number of carbonyl (C=O) groups is 2. The first kappa shape index (κ1) is 16.4. The molecule has 7 heteroatoms. The third kappa shape index (κ3) is 4.80. The van der Waals surface area contributed by atoms with Gasteiger partial charge in [0.2, 0.25) is 0 Å². The number of carboxylic acid groups (broad SMARTS) is 1. The van der Waals surface area contributed by atoms with Crippen molar-refractivity contribution in [2.45, 2.75) is 26.3 Å². The molecule has 0 fully saturated rings. The van der Waals surface area contributed by atoms with Crippen molar-refractivity contribution >= 4 is 33.6 Å². The lowest BCUT2D eigenvalue weighted by molar-refractivity contribution is -0.139. The van der Waals surface area contributed by atoms with Gasteiger partial charge in [-0.2, -0.15) is 0 Å². The summed E-state index contributed by atoms with van der Waals surface area (Å²) in [5.41, 5.74) is -0.0290. The van der Waals surface area contributed by atoms with Crippen LogP contribution in [0.5, 0.6) is 0 Å². The lowest BCUT2D eigenvalue weighted by atomic mass is 10.0. The van der Waals surface area contributed by atoms with Crippen LogP contribution in [-0.2, 0) is 4.79 Å². The lowest BCUT2D eigenvalue weighted by Crippen LogP contribution is -2.43. The third-order valence-corrected chi connectivity index (χ3v) is 3.17. The molecule has 0 saturated heterocycles. The molecule has 1 aromatic carbocycles. The van der Waals surface area contributed by atoms with Crippen LogP contribution in [0.2, 0.25) is 0 Å². The van der Waals surface area contributed by atoms with Crippen LogP contribution in [0.25, 0.3) is 0 Å². The fourth-order valence-electron chi connectivity index (χ4n) is 1.62. The minimum atomic E-state index is -1.12. The Morgan fingerprint density at radius 1 is 1.40 bits per heavy atom. The summed E-state index contributed by atoms with van der Waals surface area (Å²) in [6.45, 7) is 3.70. The van der Waals surface area contributed by atoms with E-state index in [0.717, 1.165) is 0 Å². The number of para-hydroxylation sites is 1. The van der Waals surface area contributed by atoms with Gasteiger partial charge in [0.05, 0.1) is 5.69 Å². The number of anilines is 1. The van der Waals surface area contributed by atoms with Gasteiger partial charge in [-0.25, -0.2) is 14.0 Å². The number of carbonyl (C=O) groups excluding carboxylic acids is 1. The van der Waals surface area contributed by atoms with E-state index in [1.807, 2.05) is 13.8 Å². The van der Waals surface area contributed by atoms with Crippen LogP contribution in [0.1, 0.15) is 20.3 Å². The molecule has 0 unspecified atom stereocenters. The minimum Gasteiger partial charge on any atom is -0.480 e. The van der Waals surface area contributed by atoms with Crippen LogP contribution in [0.4, 0.5) is 14.9 Å². The van der Waals surface area contributed by atoms with Gasteiger partial charge in [-0.05, 0) is 40.4 Å². The standard InChI is InChI=1S/C13H16BrFN2O3/c1-7(2)6-10(12(18)19)16-13(20)17-11-8(14)4-3-5-9(11)15/h3-5,7,10H,6H2,1-2H3,(H,18,19)(H2,16,17,20)/t10-/m0/s1. The second-order valence-corrected chi connectivity index (χ2v) is 5.57. The zero-order valence-corrected chi connectivity index (χ0v) is 12.7. The maximum Gasteiger partial charge on any atom is 0.326 e. The zero-order valence-electron chi connectivity index (χ0n) is 11.1. The molecule has 20 heavy (non-hydrogen) atoms. The number of benzene rings is 1. The molecule has 0 saturated carbocycles. The SMILES string of the molecule is CC(C)C[C@H](NC(=O)Nc1c(F)cccc1Br)C(=O)O. The number of nitrogens with one attached hydrogen (secondary N) is 2. The molecule has 1 aromatic rings. The minimum absolute atomic E-state index is 0.0290. The highest BCUT2D eigenvalue weighted by atomic mass is 79.9. The van der Waals surface area contributed by atoms with Crippen molar-refractivity contribution in [3.05, 3.63) is 28.5 Å². The van der Waals surface area contributed by atoms with Crippen molar-refractivity contribution in [3.63, 3.8) is 0 Å². The molecule has 0 aromatic heterocycles. The molecule has 3 N–H and O–H groups in total. The van der Waals surface area contributed by atoms with Gasteiger partial charge in [0.25, 0.3) is 0 Å². The number of hydrogen-bond acceptors (Lipinski definition) is 2. The number of carboxylic acids is 1. The van der Waals surface area contributed by atoms with Gasteiger partial charge < -0.3 is 15.7 Å². The summed E-state index contributed by atoms with van der Waals surface area (Å²) in [7, 11) is 0. The first-order valence-corrected chi connectivity index (χ1v) is 6.85. The summed E-state index contributed by atoms with van der Waals surface area (Å²) in [6.07, 6.45) is 0.293. The predicted octanol–water partition coefficient (Wildman–Crippen LogP) is 3.21. The van der Waals surface area contributed by atoms with Gasteiger partial charge in [0, 0.05) is 4.47 Å². The molecule has 0 heterocycles. The largest absolute Gasteiger partial charge is 0.480 e. The number of aliphatic carboxylic acids is 1. The van der Waals surface area contributed by atoms with Crippen molar-refractivity contribution in [3.8, 4) is 0 Å². The number of amides is 2. The van der Waals surface area contributed by atoms with E-state index in [-0.39, 0.29) is 11.6 Å². The van der Waals surface area contributed by atoms with Crippen LogP contribution >= 0.6 is 15.9 Å². The number of urea groups is 1. The van der Waals surface area contributed by atoms with Crippen LogP contribution in [0, 0.1) is 11.7 Å². The predicted molar refractivity (Wildman–Crippen MR) is 77.1 cm³/mol. The molecule has 110 valence electrons. The van der Waals surface area contributed by atoms with Gasteiger partial charge in [0.1, 0.15) is 11.9 Å². The van der Waals surface area contributed by atoms with E-state index in [2.05, 4.69) is 26.6 Å². The van der Waals surface area contributed by atoms with Crippen molar-refractivity contribution in [1.29, 1.82) is 0 Å². The summed E-state index contributed by atoms with van der Waals surface area (Å²) >= 11 is 3.11. The van der Waals surface area contributed by atoms with Gasteiger partial charge in [-0.15, -0.1) is 0 Å². The second kappa shape index (κ2) is 7.23. The van der Waals surface area contributed by atoms with Crippen LogP contribution < -0.4 is 10.6 Å². The molecule has 0 spiro atoms. The molecule has 0 radical (unpaired) electrons. The van der Waals surface area contributed by atoms with Crippen LogP contribution in [0.15, 0.2) is 22.7 Å². The molecular formula is C13H16BrFN2O3. The Morgan fingerprint density at radius 3 is 2.55 bits per heavy atom. The smallest absolute Gasteiger partial charge is 0.326 e. The summed E-state index contributed by atoms with van der Waals surface area (Å²) in [4.78, 5) is 22.8. The van der Waals surface area contributed by atoms with Gasteiger partial charge in [-0.1, -0.05) is 19.9 Å². The molecule has 0 aliphatic heterocycles. The third-order valence-electron chi connectivity index (χ3n) is 2.51. The van der Waals surface area contributed by atoms with E-state index in [4.69, 9.17) is 5.11 Å². The Balaban J connectivity index is 2.73. The van der Waals surface area contributed by atoms with Crippen molar-refractivity contribution in [1.82, 2.24) is 5.32 Å². The Bertz CT molecular complexity index is 488. The highest BCUT2D eigenvalue weighted by molar-refractivity contribution is 9.10. The van der Waals surface area contributed by atoms with Gasteiger partial charge in [0.15, 0.2) is 0 Å². The molecule has 0 aliphatic carbocycles. The Hall–Kier alpha value is -1.63. The second-order valence-electron chi connectivity index (χ2n) is 4.72. The monoisotopic (exact) mass is 346 g/mol. The van der Waals surface area contributed by atoms with E-state index in [9.17, 15) is 14.0 Å². The normalized spacial score (nSPS) is 12.1. The summed E-state index contributed by atoms with van der Waals surface area (Å²) in [5, 5.41) is 13.6. The number of rotatable bonds is 5. The van der Waals surface area contributed by atoms with Crippen LogP contribution in [-0.4, -0.2) is 23.1 Å². The summed E-state index contributed by atoms with van der Waals surface area (Å²) in [5.74, 6) is -1.62. The van der Waals surface area contributed by atoms with E-state index in [1.54, 1.807) is 6.07 Å². The first-order valence-electron chi connectivity index (χ1n) is 6.05.